The summed E-state index contributed by atoms with van der Waals surface area (Å²) < 4.78 is 37.4. The van der Waals surface area contributed by atoms with Crippen LogP contribution in [0.4, 0.5) is 13.2 Å². The minimum absolute atomic E-state index is 0.0835. The van der Waals surface area contributed by atoms with Crippen LogP contribution < -0.4 is 4.73 Å². The summed E-state index contributed by atoms with van der Waals surface area (Å²) in [6.07, 6.45) is -2.51. The first kappa shape index (κ1) is 17.6. The molecule has 0 radical (unpaired) electrons. The Bertz CT molecular complexity index is 878. The van der Waals surface area contributed by atoms with Gasteiger partial charge >= 0.3 is 12.1 Å². The van der Waals surface area contributed by atoms with Crippen molar-refractivity contribution in [3.05, 3.63) is 70.1 Å². The summed E-state index contributed by atoms with van der Waals surface area (Å²) in [6, 6.07) is 8.67. The van der Waals surface area contributed by atoms with Crippen molar-refractivity contribution in [2.75, 3.05) is 0 Å². The largest absolute Gasteiger partial charge is 0.711 e. The lowest BCUT2D eigenvalue weighted by atomic mass is 10.2. The highest BCUT2D eigenvalue weighted by molar-refractivity contribution is 6.30. The van der Waals surface area contributed by atoms with E-state index in [1.807, 2.05) is 0 Å². The molecule has 0 aliphatic rings. The molecule has 0 unspecified atom stereocenters. The Balaban J connectivity index is 0.000000185. The van der Waals surface area contributed by atoms with Crippen molar-refractivity contribution >= 4 is 28.6 Å². The highest BCUT2D eigenvalue weighted by Crippen LogP contribution is 2.33. The Labute approximate surface area is 138 Å². The van der Waals surface area contributed by atoms with Crippen LogP contribution in [0.2, 0.25) is 5.02 Å². The molecule has 0 aliphatic carbocycles. The monoisotopic (exact) mass is 358 g/mol. The van der Waals surface area contributed by atoms with Gasteiger partial charge in [0.05, 0.1) is 17.1 Å². The molecular weight excluding hydrogens is 349 g/mol. The quantitative estimate of drug-likeness (QED) is 0.512. The number of fused-ring (bicyclic) bond motifs is 1. The van der Waals surface area contributed by atoms with Gasteiger partial charge in [0.2, 0.25) is 0 Å². The number of nitrogens with zero attached hydrogens (tertiary/aromatic N) is 1. The maximum atomic E-state index is 12.4. The molecule has 0 atom stereocenters. The van der Waals surface area contributed by atoms with E-state index in [1.165, 1.54) is 24.3 Å². The second-order valence-electron chi connectivity index (χ2n) is 4.61. The van der Waals surface area contributed by atoms with Crippen molar-refractivity contribution in [1.29, 1.82) is 0 Å². The van der Waals surface area contributed by atoms with Gasteiger partial charge in [0.1, 0.15) is 11.8 Å². The summed E-state index contributed by atoms with van der Waals surface area (Å²) in [4.78, 5) is 12.6. The molecule has 0 spiro atoms. The SMILES string of the molecule is O=C(O)c1cccc(Cl)c1.[O-][n+]1cccc2c(C(F)(F)F)c[nH]c21. The van der Waals surface area contributed by atoms with E-state index in [0.717, 1.165) is 12.4 Å². The average molecular weight is 359 g/mol. The van der Waals surface area contributed by atoms with Gasteiger partial charge < -0.3 is 10.3 Å². The van der Waals surface area contributed by atoms with Crippen molar-refractivity contribution in [3.8, 4) is 0 Å². The molecule has 2 heterocycles. The van der Waals surface area contributed by atoms with Gasteiger partial charge in [0.15, 0.2) is 0 Å². The first-order chi connectivity index (χ1) is 11.2. The van der Waals surface area contributed by atoms with Crippen LogP contribution in [0.15, 0.2) is 48.8 Å². The Morgan fingerprint density at radius 2 is 1.96 bits per heavy atom. The molecule has 2 N–H and O–H groups in total. The Hall–Kier alpha value is -2.74. The molecule has 2 aromatic heterocycles. The summed E-state index contributed by atoms with van der Waals surface area (Å²) in [5, 5.41) is 19.8. The van der Waals surface area contributed by atoms with Crippen LogP contribution in [0, 0.1) is 5.21 Å². The maximum Gasteiger partial charge on any atom is 0.420 e. The Morgan fingerprint density at radius 1 is 1.25 bits per heavy atom. The molecular formula is C15H10ClF3N2O3. The van der Waals surface area contributed by atoms with Crippen molar-refractivity contribution < 1.29 is 27.8 Å². The second kappa shape index (κ2) is 6.79. The van der Waals surface area contributed by atoms with Gasteiger partial charge in [0, 0.05) is 5.02 Å². The number of aromatic nitrogens is 2. The predicted molar refractivity (Wildman–Crippen MR) is 80.7 cm³/mol. The number of pyridine rings is 1. The normalized spacial score (nSPS) is 11.0. The minimum Gasteiger partial charge on any atom is -0.711 e. The predicted octanol–water partition coefficient (Wildman–Crippen LogP) is 3.86. The van der Waals surface area contributed by atoms with Crippen LogP contribution in [-0.2, 0) is 6.18 Å². The standard InChI is InChI=1S/C8H5F3N2O.C7H5ClO2/c9-8(10,11)6-4-12-7-5(6)2-1-3-13(7)14;8-6-3-1-2-5(4-6)7(9)10/h1-4,12H;1-4H,(H,9,10). The van der Waals surface area contributed by atoms with E-state index in [1.54, 1.807) is 12.1 Å². The van der Waals surface area contributed by atoms with Gasteiger partial charge in [-0.3, -0.25) is 0 Å². The van der Waals surface area contributed by atoms with Gasteiger partial charge in [-0.15, -0.1) is 0 Å². The number of carboxylic acid groups (broad SMARTS) is 1. The van der Waals surface area contributed by atoms with Crippen LogP contribution in [0.25, 0.3) is 11.0 Å². The molecule has 1 aromatic carbocycles. The van der Waals surface area contributed by atoms with Gasteiger partial charge in [-0.25, -0.2) is 14.5 Å². The summed E-state index contributed by atoms with van der Waals surface area (Å²) in [6.45, 7) is 0. The van der Waals surface area contributed by atoms with E-state index in [9.17, 15) is 23.2 Å². The third kappa shape index (κ3) is 3.96. The fourth-order valence-electron chi connectivity index (χ4n) is 1.92. The topological polar surface area (TPSA) is 80.0 Å². The lowest BCUT2D eigenvalue weighted by Crippen LogP contribution is -2.26. The second-order valence-corrected chi connectivity index (χ2v) is 5.05. The molecule has 126 valence electrons. The number of hydrogen-bond acceptors (Lipinski definition) is 2. The van der Waals surface area contributed by atoms with Crippen LogP contribution >= 0.6 is 11.6 Å². The first-order valence-electron chi connectivity index (χ1n) is 6.45. The minimum atomic E-state index is -4.44. The molecule has 0 fully saturated rings. The zero-order valence-corrected chi connectivity index (χ0v) is 12.6. The van der Waals surface area contributed by atoms with Crippen molar-refractivity contribution in [2.24, 2.45) is 0 Å². The molecule has 9 heteroatoms. The van der Waals surface area contributed by atoms with E-state index >= 15 is 0 Å². The molecule has 0 saturated carbocycles. The number of benzene rings is 1. The molecule has 0 saturated heterocycles. The summed E-state index contributed by atoms with van der Waals surface area (Å²) in [7, 11) is 0. The molecule has 0 aliphatic heterocycles. The number of nitrogens with one attached hydrogen (secondary N) is 1. The van der Waals surface area contributed by atoms with Crippen LogP contribution in [0.5, 0.6) is 0 Å². The lowest BCUT2D eigenvalue weighted by Gasteiger charge is -2.03. The number of aromatic carboxylic acids is 1. The van der Waals surface area contributed by atoms with Crippen LogP contribution in [0.3, 0.4) is 0 Å². The molecule has 3 aromatic rings. The summed E-state index contributed by atoms with van der Waals surface area (Å²) >= 11 is 5.53. The molecule has 5 nitrogen and oxygen atoms in total. The number of carbonyl (C=O) groups is 1. The first-order valence-corrected chi connectivity index (χ1v) is 6.83. The van der Waals surface area contributed by atoms with Gasteiger partial charge in [-0.1, -0.05) is 17.7 Å². The highest BCUT2D eigenvalue weighted by Gasteiger charge is 2.35. The Morgan fingerprint density at radius 3 is 2.50 bits per heavy atom. The average Bonchev–Trinajstić information content (AvgIpc) is 2.93. The van der Waals surface area contributed by atoms with Gasteiger partial charge in [0.25, 0.3) is 5.65 Å². The number of carboxylic acids is 1. The molecule has 0 bridgehead atoms. The van der Waals surface area contributed by atoms with Gasteiger partial charge in [-0.2, -0.15) is 13.2 Å². The smallest absolute Gasteiger partial charge is 0.420 e. The van der Waals surface area contributed by atoms with Crippen LogP contribution in [-0.4, -0.2) is 16.1 Å². The fourth-order valence-corrected chi connectivity index (χ4v) is 2.11. The van der Waals surface area contributed by atoms with Crippen molar-refractivity contribution in [3.63, 3.8) is 0 Å². The number of rotatable bonds is 1. The zero-order valence-electron chi connectivity index (χ0n) is 11.8. The van der Waals surface area contributed by atoms with E-state index < -0.39 is 17.7 Å². The number of alkyl halides is 3. The third-order valence-electron chi connectivity index (χ3n) is 2.98. The third-order valence-corrected chi connectivity index (χ3v) is 3.22. The number of H-pyrrole nitrogens is 1. The number of halogens is 4. The van der Waals surface area contributed by atoms with E-state index in [4.69, 9.17) is 16.7 Å². The Kier molecular flexibility index (Phi) is 4.99. The highest BCUT2D eigenvalue weighted by atomic mass is 35.5. The summed E-state index contributed by atoms with van der Waals surface area (Å²) in [5.41, 5.74) is -0.690. The lowest BCUT2D eigenvalue weighted by molar-refractivity contribution is -0.579. The fraction of sp³-hybridized carbons (Fsp3) is 0.0667. The zero-order chi connectivity index (χ0) is 17.9. The maximum absolute atomic E-state index is 12.4. The van der Waals surface area contributed by atoms with Gasteiger partial charge in [-0.05, 0) is 30.3 Å². The molecule has 3 rings (SSSR count). The van der Waals surface area contributed by atoms with E-state index in [-0.39, 0.29) is 16.6 Å². The number of aromatic amines is 1. The molecule has 0 amide bonds. The molecule has 24 heavy (non-hydrogen) atoms. The number of hydrogen-bond donors (Lipinski definition) is 2. The van der Waals surface area contributed by atoms with Crippen molar-refractivity contribution in [1.82, 2.24) is 4.98 Å². The van der Waals surface area contributed by atoms with Crippen LogP contribution in [0.1, 0.15) is 15.9 Å². The van der Waals surface area contributed by atoms with Crippen molar-refractivity contribution in [2.45, 2.75) is 6.18 Å². The summed E-state index contributed by atoms with van der Waals surface area (Å²) in [5.74, 6) is -0.956. The van der Waals surface area contributed by atoms with E-state index in [2.05, 4.69) is 4.98 Å². The van der Waals surface area contributed by atoms with E-state index in [0.29, 0.717) is 9.75 Å².